The summed E-state index contributed by atoms with van der Waals surface area (Å²) in [6.45, 7) is 12.9. The Morgan fingerprint density at radius 1 is 0.380 bits per heavy atom. The van der Waals surface area contributed by atoms with Gasteiger partial charge >= 0.3 is 6.18 Å². The molecule has 8 aromatic rings. The maximum atomic E-state index is 13.3. The Morgan fingerprint density at radius 2 is 0.667 bits per heavy atom. The van der Waals surface area contributed by atoms with E-state index in [2.05, 4.69) is 21.3 Å². The van der Waals surface area contributed by atoms with Gasteiger partial charge in [0.2, 0.25) is 0 Å². The average molecular weight is 1560 g/mol. The number of halogens is 3. The molecule has 108 heavy (non-hydrogen) atoms. The molecule has 4 atom stereocenters. The molecule has 0 spiro atoms. The monoisotopic (exact) mass is 1560 g/mol. The molecule has 0 radical (unpaired) electrons. The largest absolute Gasteiger partial charge is 0.389 e. The Kier molecular flexibility index (Phi) is 27.9. The van der Waals surface area contributed by atoms with Crippen LogP contribution in [0.25, 0.3) is 0 Å². The molecule has 0 bridgehead atoms. The van der Waals surface area contributed by atoms with E-state index in [1.807, 2.05) is 136 Å². The van der Waals surface area contributed by atoms with Crippen LogP contribution >= 0.6 is 0 Å². The van der Waals surface area contributed by atoms with E-state index >= 15 is 0 Å². The molecule has 582 valence electrons. The first-order valence-corrected chi connectivity index (χ1v) is 42.2. The number of nitrogens with one attached hydrogen (secondary N) is 4. The molecule has 5 aliphatic heterocycles. The number of nitrogens with zero attached hydrogens (tertiary/aromatic N) is 4. The summed E-state index contributed by atoms with van der Waals surface area (Å²) in [5.74, 6) is 0. The van der Waals surface area contributed by atoms with Crippen molar-refractivity contribution in [3.63, 3.8) is 0 Å². The van der Waals surface area contributed by atoms with Gasteiger partial charge in [-0.25, -0.2) is 33.7 Å². The van der Waals surface area contributed by atoms with Crippen LogP contribution in [-0.2, 0) is 59.0 Å². The lowest BCUT2D eigenvalue weighted by molar-refractivity contribution is -0.181. The number of para-hydroxylation sites is 4. The van der Waals surface area contributed by atoms with Crippen LogP contribution in [0.4, 0.5) is 35.9 Å². The van der Waals surface area contributed by atoms with Crippen LogP contribution < -0.4 is 38.5 Å². The smallest absolute Gasteiger partial charge is 0.385 e. The third-order valence-corrected chi connectivity index (χ3v) is 27.2. The van der Waals surface area contributed by atoms with E-state index in [1.54, 1.807) is 96.9 Å². The number of ether oxygens (including phenoxy) is 4. The summed E-state index contributed by atoms with van der Waals surface area (Å²) in [7, 11) is -4.80. The fraction of sp³-hybridized carbons (Fsp3) is 0.407. The van der Waals surface area contributed by atoms with E-state index in [-0.39, 0.29) is 42.3 Å². The molecule has 13 rings (SSSR count). The number of fused-ring (bicyclic) bond motifs is 8. The zero-order valence-corrected chi connectivity index (χ0v) is 66.3. The summed E-state index contributed by atoms with van der Waals surface area (Å²) < 4.78 is 170. The lowest BCUT2D eigenvalue weighted by Gasteiger charge is -2.24. The Morgan fingerprint density at radius 3 is 0.981 bits per heavy atom. The second-order valence-electron chi connectivity index (χ2n) is 27.6. The van der Waals surface area contributed by atoms with E-state index in [0.29, 0.717) is 43.9 Å². The van der Waals surface area contributed by atoms with Crippen molar-refractivity contribution in [2.45, 2.75) is 142 Å². The summed E-state index contributed by atoms with van der Waals surface area (Å²) in [5, 5.41) is 13.8. The van der Waals surface area contributed by atoms with Gasteiger partial charge in [-0.3, -0.25) is 17.2 Å². The number of sulfonamides is 4. The molecule has 0 aromatic heterocycles. The van der Waals surface area contributed by atoms with Gasteiger partial charge in [-0.15, -0.1) is 0 Å². The fourth-order valence-electron chi connectivity index (χ4n) is 14.2. The van der Waals surface area contributed by atoms with E-state index < -0.39 is 58.7 Å². The molecule has 20 nitrogen and oxygen atoms in total. The van der Waals surface area contributed by atoms with Gasteiger partial charge in [0, 0.05) is 62.0 Å². The molecular weight excluding hydrogens is 1460 g/mol. The molecule has 27 heteroatoms. The van der Waals surface area contributed by atoms with Gasteiger partial charge in [0.1, 0.15) is 0 Å². The lowest BCUT2D eigenvalue weighted by Crippen LogP contribution is -2.28. The molecule has 0 amide bonds. The van der Waals surface area contributed by atoms with E-state index in [9.17, 15) is 46.8 Å². The minimum absolute atomic E-state index is 0.0774. The number of unbranched alkanes of at least 4 members (excludes halogenated alkanes) is 2. The quantitative estimate of drug-likeness (QED) is 0.0490. The van der Waals surface area contributed by atoms with Gasteiger partial charge in [-0.1, -0.05) is 121 Å². The highest BCUT2D eigenvalue weighted by Crippen LogP contribution is 2.45. The van der Waals surface area contributed by atoms with Crippen molar-refractivity contribution in [2.75, 3.05) is 112 Å². The highest BCUT2D eigenvalue weighted by Gasteiger charge is 2.40. The maximum Gasteiger partial charge on any atom is 0.389 e. The Balaban J connectivity index is 0.000000154. The van der Waals surface area contributed by atoms with Gasteiger partial charge in [-0.05, 0) is 221 Å². The maximum absolute atomic E-state index is 13.3. The van der Waals surface area contributed by atoms with E-state index in [0.717, 1.165) is 151 Å². The highest BCUT2D eigenvalue weighted by atomic mass is 32.2. The molecule has 8 aromatic carbocycles. The topological polar surface area (TPSA) is 235 Å². The number of aryl methyl sites for hydroxylation is 4. The minimum atomic E-state index is -4.21. The Labute approximate surface area is 636 Å². The molecule has 1 fully saturated rings. The number of benzene rings is 8. The predicted molar refractivity (Wildman–Crippen MR) is 419 cm³/mol. The molecule has 5 aliphatic rings. The molecule has 0 aliphatic carbocycles. The number of hydrogen-bond donors (Lipinski definition) is 4. The third kappa shape index (κ3) is 19.0. The summed E-state index contributed by atoms with van der Waals surface area (Å²) in [6.07, 6.45) is 1.35. The second kappa shape index (κ2) is 36.4. The first-order valence-electron chi connectivity index (χ1n) is 36.5. The van der Waals surface area contributed by atoms with Gasteiger partial charge in [0.05, 0.1) is 79.7 Å². The second-order valence-corrected chi connectivity index (χ2v) is 35.4. The van der Waals surface area contributed by atoms with E-state index in [4.69, 9.17) is 18.9 Å². The molecule has 4 unspecified atom stereocenters. The van der Waals surface area contributed by atoms with Crippen LogP contribution in [-0.4, -0.2) is 141 Å². The zero-order chi connectivity index (χ0) is 77.7. The summed E-state index contributed by atoms with van der Waals surface area (Å²) in [6, 6.07) is 51.3. The van der Waals surface area contributed by atoms with Crippen molar-refractivity contribution < 1.29 is 65.8 Å². The molecular formula is C81H101F3N8O12S4. The number of rotatable bonds is 21. The molecule has 1 saturated heterocycles. The Bertz CT molecular complexity index is 4900. The first-order chi connectivity index (χ1) is 51.5. The third-order valence-electron chi connectivity index (χ3n) is 19.9. The number of methoxy groups -OCH3 is 2. The molecule has 0 saturated carbocycles. The normalized spacial score (nSPS) is 19.1. The Hall–Kier alpha value is -7.77. The summed E-state index contributed by atoms with van der Waals surface area (Å²) in [4.78, 5) is 1.30. The van der Waals surface area contributed by atoms with E-state index in [1.165, 1.54) is 24.3 Å². The zero-order valence-electron chi connectivity index (χ0n) is 63.0. The van der Waals surface area contributed by atoms with Crippen LogP contribution in [0.5, 0.6) is 0 Å². The average Bonchev–Trinajstić information content (AvgIpc) is 1.62. The standard InChI is InChI=1S/C22H28N2O4S.C21H28N2O3S.C19H21F3N2O2S.C19H24N2O3S/c1-16-10-11-18-20(15-16)29(25,26)24(2)19-8-4-3-7-17(19)22(18)23-12-5-9-21-27-13-6-14-28-21;1-16-11-12-18-20(15-16)27(24,25)23(2)19-10-6-5-9-17(19)21(18)22-13-7-4-8-14-26-3;1-13-8-9-15-17(12-13)27(25,26)24(2)16-7-4-3-6-14(16)18(15)23-11-5-10-19(20,21)22;1-14-9-10-16-18(13-14)25(22,23)21(2)17-8-5-4-7-15(17)19(16)20-11-6-12-24-3/h3-4,7-8,10-11,15,21-23H,5-6,9,12-14H2,1-2H3;5-6,9-12,15,21-22H,4,7-8,13-14H2,1-3H3;3-4,6-9,12,18,23H,5,10-11H2,1-2H3;4-5,7-10,13,19-20H,6,11-12H2,1-3H3. The highest BCUT2D eigenvalue weighted by molar-refractivity contribution is 7.93. The van der Waals surface area contributed by atoms with Crippen LogP contribution in [0.1, 0.15) is 149 Å². The SMILES string of the molecule is COCCCCCNC1c2ccccc2N(C)S(=O)(=O)c2cc(C)ccc21.COCCCNC1c2ccccc2N(C)S(=O)(=O)c2cc(C)ccc21.Cc1ccc2c(c1)S(=O)(=O)N(C)c1ccccc1C2NCCCC(F)(F)F.Cc1ccc2c(c1)S(=O)(=O)N(C)c1ccccc1C2NCCCC1OCCCO1. The molecule has 4 N–H and O–H groups in total. The first kappa shape index (κ1) is 82.7. The number of anilines is 4. The van der Waals surface area contributed by atoms with Gasteiger partial charge in [0.25, 0.3) is 40.1 Å². The molecule has 5 heterocycles. The van der Waals surface area contributed by atoms with Gasteiger partial charge in [0.15, 0.2) is 6.29 Å². The van der Waals surface area contributed by atoms with Crippen molar-refractivity contribution in [1.29, 1.82) is 0 Å². The van der Waals surface area contributed by atoms with Crippen molar-refractivity contribution >= 4 is 62.8 Å². The van der Waals surface area contributed by atoms with Gasteiger partial charge in [-0.2, -0.15) is 13.2 Å². The number of alkyl halides is 3. The van der Waals surface area contributed by atoms with Crippen LogP contribution in [0.15, 0.2) is 189 Å². The van der Waals surface area contributed by atoms with Crippen molar-refractivity contribution in [1.82, 2.24) is 21.3 Å². The van der Waals surface area contributed by atoms with Gasteiger partial charge < -0.3 is 40.2 Å². The predicted octanol–water partition coefficient (Wildman–Crippen LogP) is 14.0. The fourth-order valence-corrected chi connectivity index (χ4v) is 20.3. The minimum Gasteiger partial charge on any atom is -0.385 e. The van der Waals surface area contributed by atoms with Crippen molar-refractivity contribution in [3.05, 3.63) is 237 Å². The summed E-state index contributed by atoms with van der Waals surface area (Å²) >= 11 is 0. The van der Waals surface area contributed by atoms with Crippen LogP contribution in [0.2, 0.25) is 0 Å². The van der Waals surface area contributed by atoms with Crippen molar-refractivity contribution in [2.24, 2.45) is 0 Å². The van der Waals surface area contributed by atoms with Crippen LogP contribution in [0.3, 0.4) is 0 Å². The number of hydrogen-bond acceptors (Lipinski definition) is 16. The summed E-state index contributed by atoms with van der Waals surface area (Å²) in [5.41, 5.74) is 12.8. The van der Waals surface area contributed by atoms with Crippen molar-refractivity contribution in [3.8, 4) is 0 Å². The lowest BCUT2D eigenvalue weighted by atomic mass is 9.96. The van der Waals surface area contributed by atoms with Crippen LogP contribution in [0, 0.1) is 27.7 Å².